The number of H-pyrrole nitrogens is 2. The number of imidazole rings is 2. The number of benzene rings is 4. The first kappa shape index (κ1) is 41.3. The molecule has 1 unspecified atom stereocenters. The lowest BCUT2D eigenvalue weighted by atomic mass is 10.0. The summed E-state index contributed by atoms with van der Waals surface area (Å²) >= 11 is 0. The number of halogens is 2. The zero-order valence-corrected chi connectivity index (χ0v) is 33.1. The topological polar surface area (TPSA) is 123 Å². The maximum Gasteiger partial charge on any atom is 0.261 e. The van der Waals surface area contributed by atoms with Crippen molar-refractivity contribution in [2.75, 3.05) is 67.1 Å². The maximum absolute atomic E-state index is 15.0. The number of nitrogens with zero attached hydrogens (tertiary/aromatic N) is 6. The Bertz CT molecular complexity index is 2250. The summed E-state index contributed by atoms with van der Waals surface area (Å²) in [5.74, 6) is -2.20. The standard InChI is InChI=1S/C44H48F2N8O4/c1-31(58-19-17-53(43(55)39-12-5-7-14-41(39)45)36-11-9-10-35(23-36)51(2)27-33-25-47-29-49-33)20-32-21-37(52(3)28-34-26-48-30-50-34)24-38(22-32)54(16-18-57-4)44(56)40-13-6-8-15-42(40)46/h5-15,21-26,29-31H,16-20,27-28H2,1-4H3,(H,47,49)(H,48,50). The molecule has 0 aliphatic rings. The quantitative estimate of drug-likeness (QED) is 0.0879. The Balaban J connectivity index is 1.23. The summed E-state index contributed by atoms with van der Waals surface area (Å²) in [5, 5.41) is 0. The Morgan fingerprint density at radius 3 is 1.76 bits per heavy atom. The third-order valence-corrected chi connectivity index (χ3v) is 9.68. The largest absolute Gasteiger partial charge is 0.383 e. The second-order valence-electron chi connectivity index (χ2n) is 14.0. The van der Waals surface area contributed by atoms with Crippen LogP contribution in [0, 0.1) is 11.6 Å². The molecule has 302 valence electrons. The fourth-order valence-corrected chi connectivity index (χ4v) is 6.66. The Morgan fingerprint density at radius 2 is 1.19 bits per heavy atom. The minimum Gasteiger partial charge on any atom is -0.383 e. The van der Waals surface area contributed by atoms with Crippen molar-refractivity contribution in [2.45, 2.75) is 32.5 Å². The molecular formula is C44H48F2N8O4. The van der Waals surface area contributed by atoms with E-state index < -0.39 is 23.4 Å². The number of aromatic nitrogens is 4. The van der Waals surface area contributed by atoms with Crippen LogP contribution in [0.1, 0.15) is 44.6 Å². The van der Waals surface area contributed by atoms with Gasteiger partial charge in [0.25, 0.3) is 11.8 Å². The first-order chi connectivity index (χ1) is 28.1. The zero-order chi connectivity index (χ0) is 41.0. The average Bonchev–Trinajstić information content (AvgIpc) is 3.95. The van der Waals surface area contributed by atoms with Crippen molar-refractivity contribution in [1.82, 2.24) is 19.9 Å². The molecule has 58 heavy (non-hydrogen) atoms. The number of carbonyl (C=O) groups excluding carboxylic acids is 2. The summed E-state index contributed by atoms with van der Waals surface area (Å²) in [6.45, 7) is 3.72. The van der Waals surface area contributed by atoms with Crippen LogP contribution in [0.4, 0.5) is 31.5 Å². The average molecular weight is 791 g/mol. The molecule has 6 rings (SSSR count). The number of anilines is 4. The van der Waals surface area contributed by atoms with Crippen LogP contribution in [-0.4, -0.2) is 85.4 Å². The zero-order valence-electron chi connectivity index (χ0n) is 33.1. The van der Waals surface area contributed by atoms with E-state index in [9.17, 15) is 18.4 Å². The molecule has 2 N–H and O–H groups in total. The Hall–Kier alpha value is -6.38. The van der Waals surface area contributed by atoms with Gasteiger partial charge in [0, 0.05) is 69.4 Å². The van der Waals surface area contributed by atoms with Gasteiger partial charge < -0.3 is 39.0 Å². The van der Waals surface area contributed by atoms with Crippen molar-refractivity contribution in [3.8, 4) is 0 Å². The Kier molecular flexibility index (Phi) is 14.0. The van der Waals surface area contributed by atoms with E-state index in [1.54, 1.807) is 56.4 Å². The fourth-order valence-electron chi connectivity index (χ4n) is 6.66. The van der Waals surface area contributed by atoms with Crippen molar-refractivity contribution >= 4 is 34.6 Å². The van der Waals surface area contributed by atoms with Gasteiger partial charge in [-0.15, -0.1) is 0 Å². The monoisotopic (exact) mass is 790 g/mol. The van der Waals surface area contributed by atoms with Crippen molar-refractivity contribution in [2.24, 2.45) is 0 Å². The van der Waals surface area contributed by atoms with E-state index in [0.29, 0.717) is 30.9 Å². The molecule has 0 saturated carbocycles. The SMILES string of the molecule is COCCN(C(=O)c1ccccc1F)c1cc(CC(C)OCCN(C(=O)c2ccccc2F)c2cccc(N(C)Cc3cnc[nH]3)c2)cc(N(C)Cc2cnc[nH]2)c1. The summed E-state index contributed by atoms with van der Waals surface area (Å²) < 4.78 is 41.6. The van der Waals surface area contributed by atoms with Crippen LogP contribution < -0.4 is 19.6 Å². The number of amides is 2. The Labute approximate surface area is 337 Å². The number of hydrogen-bond donors (Lipinski definition) is 2. The van der Waals surface area contributed by atoms with Crippen molar-refractivity contribution in [3.63, 3.8) is 0 Å². The van der Waals surface area contributed by atoms with Crippen LogP contribution in [0.25, 0.3) is 0 Å². The smallest absolute Gasteiger partial charge is 0.261 e. The number of nitrogens with one attached hydrogen (secondary N) is 2. The van der Waals surface area contributed by atoms with Gasteiger partial charge in [-0.2, -0.15) is 0 Å². The molecule has 0 aliphatic carbocycles. The first-order valence-electron chi connectivity index (χ1n) is 19.0. The van der Waals surface area contributed by atoms with E-state index >= 15 is 0 Å². The molecule has 2 heterocycles. The molecule has 2 aromatic heterocycles. The predicted molar refractivity (Wildman–Crippen MR) is 221 cm³/mol. The highest BCUT2D eigenvalue weighted by atomic mass is 19.1. The van der Waals surface area contributed by atoms with Crippen LogP contribution in [-0.2, 0) is 29.0 Å². The van der Waals surface area contributed by atoms with E-state index in [4.69, 9.17) is 9.47 Å². The summed E-state index contributed by atoms with van der Waals surface area (Å²) in [5.41, 5.74) is 5.44. The molecule has 6 aromatic rings. The van der Waals surface area contributed by atoms with E-state index in [0.717, 1.165) is 28.3 Å². The lowest BCUT2D eigenvalue weighted by Gasteiger charge is -2.28. The Morgan fingerprint density at radius 1 is 0.672 bits per heavy atom. The molecule has 12 nitrogen and oxygen atoms in total. The maximum atomic E-state index is 15.0. The molecule has 1 atom stereocenters. The molecular weight excluding hydrogens is 743 g/mol. The van der Waals surface area contributed by atoms with Gasteiger partial charge in [-0.25, -0.2) is 18.7 Å². The fraction of sp³-hybridized carbons (Fsp3) is 0.273. The second-order valence-corrected chi connectivity index (χ2v) is 14.0. The third kappa shape index (κ3) is 10.5. The van der Waals surface area contributed by atoms with Crippen molar-refractivity contribution in [3.05, 3.63) is 156 Å². The first-order valence-corrected chi connectivity index (χ1v) is 19.0. The summed E-state index contributed by atoms with van der Waals surface area (Å²) in [7, 11) is 5.43. The van der Waals surface area contributed by atoms with Gasteiger partial charge in [-0.05, 0) is 79.6 Å². The molecule has 0 bridgehead atoms. The number of ether oxygens (including phenoxy) is 2. The minimum atomic E-state index is -0.611. The van der Waals surface area contributed by atoms with Crippen molar-refractivity contribution < 1.29 is 27.8 Å². The minimum absolute atomic E-state index is 0.0432. The molecule has 0 saturated heterocycles. The summed E-state index contributed by atoms with van der Waals surface area (Å²) in [6, 6.07) is 25.2. The van der Waals surface area contributed by atoms with Gasteiger partial charge in [-0.3, -0.25) is 9.59 Å². The van der Waals surface area contributed by atoms with Gasteiger partial charge in [0.1, 0.15) is 11.6 Å². The van der Waals surface area contributed by atoms with Gasteiger partial charge in [0.15, 0.2) is 0 Å². The van der Waals surface area contributed by atoms with Crippen LogP contribution in [0.2, 0.25) is 0 Å². The molecule has 0 spiro atoms. The second kappa shape index (κ2) is 19.7. The number of rotatable bonds is 19. The van der Waals surface area contributed by atoms with Gasteiger partial charge >= 0.3 is 0 Å². The lowest BCUT2D eigenvalue weighted by molar-refractivity contribution is 0.0689. The highest BCUT2D eigenvalue weighted by molar-refractivity contribution is 6.07. The van der Waals surface area contributed by atoms with E-state index in [2.05, 4.69) is 19.9 Å². The summed E-state index contributed by atoms with van der Waals surface area (Å²) in [6.07, 6.45) is 6.85. The van der Waals surface area contributed by atoms with E-state index in [1.807, 2.05) is 73.3 Å². The highest BCUT2D eigenvalue weighted by Crippen LogP contribution is 2.29. The number of hydrogen-bond acceptors (Lipinski definition) is 8. The van der Waals surface area contributed by atoms with Crippen LogP contribution >= 0.6 is 0 Å². The van der Waals surface area contributed by atoms with Gasteiger partial charge in [0.05, 0.1) is 67.6 Å². The lowest BCUT2D eigenvalue weighted by Crippen LogP contribution is -2.35. The van der Waals surface area contributed by atoms with Crippen LogP contribution in [0.5, 0.6) is 0 Å². The normalized spacial score (nSPS) is 11.6. The van der Waals surface area contributed by atoms with Crippen molar-refractivity contribution in [1.29, 1.82) is 0 Å². The van der Waals surface area contributed by atoms with Gasteiger partial charge in [-0.1, -0.05) is 30.3 Å². The molecule has 2 amide bonds. The van der Waals surface area contributed by atoms with Crippen LogP contribution in [0.15, 0.2) is 116 Å². The number of aromatic amines is 2. The molecule has 0 radical (unpaired) electrons. The highest BCUT2D eigenvalue weighted by Gasteiger charge is 2.24. The third-order valence-electron chi connectivity index (χ3n) is 9.68. The molecule has 4 aromatic carbocycles. The molecule has 0 fully saturated rings. The number of methoxy groups -OCH3 is 1. The van der Waals surface area contributed by atoms with Gasteiger partial charge in [0.2, 0.25) is 0 Å². The molecule has 0 aliphatic heterocycles. The summed E-state index contributed by atoms with van der Waals surface area (Å²) in [4.78, 5) is 49.4. The van der Waals surface area contributed by atoms with Crippen LogP contribution in [0.3, 0.4) is 0 Å². The molecule has 14 heteroatoms. The van der Waals surface area contributed by atoms with E-state index in [1.165, 1.54) is 34.1 Å². The number of carbonyl (C=O) groups is 2. The van der Waals surface area contributed by atoms with E-state index in [-0.39, 0.29) is 43.5 Å². The predicted octanol–water partition coefficient (Wildman–Crippen LogP) is 7.27.